The Labute approximate surface area is 207 Å². The molecule has 2 aromatic rings. The number of aromatic nitrogens is 2. The van der Waals surface area contributed by atoms with Crippen molar-refractivity contribution in [1.82, 2.24) is 15.1 Å². The molecule has 0 spiro atoms. The standard InChI is InChI=1S/C26H34N4O4S/c1-17-9-23-24(34-16-33-23)12-18(17)13-30-14-19-10-21(11-20(19)15-30)27-25-7-8-26(29-28-25)35(31,32)22-5-3-2-4-6-22/h7-9,12,19-22H,2-6,10-11,13-16H2,1H3,(H,27,28)/t19-,20?,21+/m1/s1. The second-order valence-electron chi connectivity index (χ2n) is 10.7. The van der Waals surface area contributed by atoms with E-state index in [2.05, 4.69) is 39.5 Å². The van der Waals surface area contributed by atoms with E-state index in [4.69, 9.17) is 9.47 Å². The molecule has 1 N–H and O–H groups in total. The fourth-order valence-electron chi connectivity index (χ4n) is 6.45. The van der Waals surface area contributed by atoms with E-state index in [0.29, 0.717) is 30.5 Å². The molecule has 0 radical (unpaired) electrons. The number of rotatable bonds is 6. The first-order chi connectivity index (χ1) is 17.0. The van der Waals surface area contributed by atoms with Gasteiger partial charge in [-0.1, -0.05) is 19.3 Å². The Hall–Kier alpha value is -2.39. The van der Waals surface area contributed by atoms with Crippen LogP contribution in [-0.2, 0) is 16.4 Å². The van der Waals surface area contributed by atoms with Crippen LogP contribution in [0.4, 0.5) is 5.82 Å². The highest BCUT2D eigenvalue weighted by Crippen LogP contribution is 2.41. The number of nitrogens with zero attached hydrogens (tertiary/aromatic N) is 3. The lowest BCUT2D eigenvalue weighted by Crippen LogP contribution is -2.26. The predicted molar refractivity (Wildman–Crippen MR) is 132 cm³/mol. The summed E-state index contributed by atoms with van der Waals surface area (Å²) in [6.07, 6.45) is 6.76. The van der Waals surface area contributed by atoms with E-state index in [0.717, 1.165) is 76.1 Å². The average Bonchev–Trinajstić information content (AvgIpc) is 3.55. The van der Waals surface area contributed by atoms with Crippen LogP contribution in [0.25, 0.3) is 0 Å². The minimum atomic E-state index is -3.38. The molecule has 3 heterocycles. The number of ether oxygens (including phenoxy) is 2. The van der Waals surface area contributed by atoms with E-state index < -0.39 is 9.84 Å². The molecule has 0 amide bonds. The molecule has 0 bridgehead atoms. The van der Waals surface area contributed by atoms with Crippen molar-refractivity contribution in [3.05, 3.63) is 35.4 Å². The van der Waals surface area contributed by atoms with Crippen molar-refractivity contribution in [3.63, 3.8) is 0 Å². The molecule has 3 atom stereocenters. The fraction of sp³-hybridized carbons (Fsp3) is 0.615. The van der Waals surface area contributed by atoms with Gasteiger partial charge < -0.3 is 14.8 Å². The largest absolute Gasteiger partial charge is 0.454 e. The van der Waals surface area contributed by atoms with E-state index >= 15 is 0 Å². The van der Waals surface area contributed by atoms with E-state index in [1.165, 1.54) is 11.1 Å². The maximum absolute atomic E-state index is 12.9. The Kier molecular flexibility index (Phi) is 6.08. The average molecular weight is 499 g/mol. The second kappa shape index (κ2) is 9.24. The molecule has 4 aliphatic rings. The zero-order valence-electron chi connectivity index (χ0n) is 20.3. The SMILES string of the molecule is Cc1cc2c(cc1CN1CC3C[C@@H](Nc4ccc(S(=O)(=O)C5CCCCC5)nn4)C[C@@H]3C1)OCO2. The van der Waals surface area contributed by atoms with Crippen LogP contribution in [0.15, 0.2) is 29.3 Å². The molecule has 8 nitrogen and oxygen atoms in total. The monoisotopic (exact) mass is 498 g/mol. The summed E-state index contributed by atoms with van der Waals surface area (Å²) >= 11 is 0. The number of benzene rings is 1. The number of hydrogen-bond acceptors (Lipinski definition) is 8. The Balaban J connectivity index is 1.03. The van der Waals surface area contributed by atoms with Gasteiger partial charge in [0.25, 0.3) is 0 Å². The smallest absolute Gasteiger partial charge is 0.231 e. The normalized spacial score (nSPS) is 26.7. The molecular formula is C26H34N4O4S. The van der Waals surface area contributed by atoms with Crippen LogP contribution in [0.1, 0.15) is 56.1 Å². The summed E-state index contributed by atoms with van der Waals surface area (Å²) in [6, 6.07) is 7.99. The topological polar surface area (TPSA) is 93.7 Å². The summed E-state index contributed by atoms with van der Waals surface area (Å²) in [5.74, 6) is 3.71. The van der Waals surface area contributed by atoms with Gasteiger partial charge >= 0.3 is 0 Å². The summed E-state index contributed by atoms with van der Waals surface area (Å²) < 4.78 is 36.8. The Morgan fingerprint density at radius 2 is 1.71 bits per heavy atom. The lowest BCUT2D eigenvalue weighted by Gasteiger charge is -2.21. The molecule has 35 heavy (non-hydrogen) atoms. The molecule has 1 aromatic carbocycles. The Morgan fingerprint density at radius 3 is 2.40 bits per heavy atom. The van der Waals surface area contributed by atoms with Gasteiger partial charge in [-0.3, -0.25) is 4.90 Å². The first kappa shape index (κ1) is 23.0. The lowest BCUT2D eigenvalue weighted by atomic mass is 10.0. The summed E-state index contributed by atoms with van der Waals surface area (Å²) in [6.45, 7) is 5.59. The first-order valence-electron chi connectivity index (χ1n) is 12.9. The summed E-state index contributed by atoms with van der Waals surface area (Å²) in [7, 11) is -3.38. The molecule has 3 fully saturated rings. The van der Waals surface area contributed by atoms with Gasteiger partial charge in [0.15, 0.2) is 26.4 Å². The molecule has 2 saturated carbocycles. The van der Waals surface area contributed by atoms with Gasteiger partial charge in [-0.05, 0) is 79.8 Å². The van der Waals surface area contributed by atoms with Crippen LogP contribution in [0.2, 0.25) is 0 Å². The van der Waals surface area contributed by atoms with E-state index in [1.54, 1.807) is 12.1 Å². The summed E-state index contributed by atoms with van der Waals surface area (Å²) in [5.41, 5.74) is 2.56. The van der Waals surface area contributed by atoms with Gasteiger partial charge in [-0.25, -0.2) is 8.42 Å². The van der Waals surface area contributed by atoms with Gasteiger partial charge in [-0.15, -0.1) is 10.2 Å². The maximum Gasteiger partial charge on any atom is 0.231 e. The zero-order valence-corrected chi connectivity index (χ0v) is 21.1. The number of hydrogen-bond donors (Lipinski definition) is 1. The molecule has 188 valence electrons. The molecule has 9 heteroatoms. The van der Waals surface area contributed by atoms with Crippen LogP contribution in [0, 0.1) is 18.8 Å². The van der Waals surface area contributed by atoms with Crippen molar-refractivity contribution in [3.8, 4) is 11.5 Å². The summed E-state index contributed by atoms with van der Waals surface area (Å²) in [4.78, 5) is 2.56. The number of aryl methyl sites for hydroxylation is 1. The highest BCUT2D eigenvalue weighted by molar-refractivity contribution is 7.92. The van der Waals surface area contributed by atoms with Gasteiger partial charge in [0.1, 0.15) is 5.82 Å². The van der Waals surface area contributed by atoms with Crippen molar-refractivity contribution in [2.24, 2.45) is 11.8 Å². The highest BCUT2D eigenvalue weighted by Gasteiger charge is 2.41. The third kappa shape index (κ3) is 4.60. The second-order valence-corrected chi connectivity index (χ2v) is 12.9. The molecule has 2 aliphatic carbocycles. The van der Waals surface area contributed by atoms with Crippen molar-refractivity contribution >= 4 is 15.7 Å². The van der Waals surface area contributed by atoms with Crippen LogP contribution >= 0.6 is 0 Å². The van der Waals surface area contributed by atoms with Crippen LogP contribution in [0.5, 0.6) is 11.5 Å². The fourth-order valence-corrected chi connectivity index (χ4v) is 8.15. The van der Waals surface area contributed by atoms with E-state index in [-0.39, 0.29) is 10.3 Å². The highest BCUT2D eigenvalue weighted by atomic mass is 32.2. The molecule has 2 aliphatic heterocycles. The number of likely N-dealkylation sites (tertiary alicyclic amines) is 1. The Morgan fingerprint density at radius 1 is 1.00 bits per heavy atom. The van der Waals surface area contributed by atoms with Crippen molar-refractivity contribution < 1.29 is 17.9 Å². The summed E-state index contributed by atoms with van der Waals surface area (Å²) in [5, 5.41) is 11.7. The molecular weight excluding hydrogens is 464 g/mol. The Bertz CT molecular complexity index is 1170. The number of anilines is 1. The van der Waals surface area contributed by atoms with E-state index in [1.807, 2.05) is 0 Å². The minimum Gasteiger partial charge on any atom is -0.454 e. The predicted octanol–water partition coefficient (Wildman–Crippen LogP) is 3.94. The van der Waals surface area contributed by atoms with Crippen molar-refractivity contribution in [2.75, 3.05) is 25.2 Å². The molecule has 1 saturated heterocycles. The first-order valence-corrected chi connectivity index (χ1v) is 14.5. The third-order valence-corrected chi connectivity index (χ3v) is 10.5. The van der Waals surface area contributed by atoms with E-state index in [9.17, 15) is 8.42 Å². The minimum absolute atomic E-state index is 0.118. The van der Waals surface area contributed by atoms with Gasteiger partial charge in [0, 0.05) is 25.7 Å². The van der Waals surface area contributed by atoms with Crippen LogP contribution in [0.3, 0.4) is 0 Å². The lowest BCUT2D eigenvalue weighted by molar-refractivity contribution is 0.174. The van der Waals surface area contributed by atoms with Crippen LogP contribution < -0.4 is 14.8 Å². The van der Waals surface area contributed by atoms with Crippen molar-refractivity contribution in [2.45, 2.75) is 74.7 Å². The van der Waals surface area contributed by atoms with Gasteiger partial charge in [-0.2, -0.15) is 0 Å². The van der Waals surface area contributed by atoms with Gasteiger partial charge in [0.05, 0.1) is 5.25 Å². The number of nitrogens with one attached hydrogen (secondary N) is 1. The molecule has 1 unspecified atom stereocenters. The quantitative estimate of drug-likeness (QED) is 0.640. The molecule has 1 aromatic heterocycles. The third-order valence-electron chi connectivity index (χ3n) is 8.33. The number of sulfone groups is 1. The maximum atomic E-state index is 12.9. The number of fused-ring (bicyclic) bond motifs is 2. The molecule has 6 rings (SSSR count). The van der Waals surface area contributed by atoms with Gasteiger partial charge in [0.2, 0.25) is 6.79 Å². The van der Waals surface area contributed by atoms with Crippen LogP contribution in [-0.4, -0.2) is 54.7 Å². The zero-order chi connectivity index (χ0) is 24.0. The van der Waals surface area contributed by atoms with Crippen molar-refractivity contribution in [1.29, 1.82) is 0 Å².